The average Bonchev–Trinajstić information content (AvgIpc) is 2.92. The molecule has 1 saturated heterocycles. The maximum atomic E-state index is 12.6. The van der Waals surface area contributed by atoms with Gasteiger partial charge in [0, 0.05) is 25.8 Å². The predicted octanol–water partition coefficient (Wildman–Crippen LogP) is 1.81. The van der Waals surface area contributed by atoms with Gasteiger partial charge in [0.05, 0.1) is 6.61 Å². The highest BCUT2D eigenvalue weighted by molar-refractivity contribution is 5.96. The Labute approximate surface area is 124 Å². The molecular weight excluding hydrogens is 270 g/mol. The molecule has 0 aliphatic carbocycles. The Balaban J connectivity index is 2.20. The Morgan fingerprint density at radius 2 is 2.10 bits per heavy atom. The minimum Gasteiger partial charge on any atom is -0.481 e. The number of benzene rings is 1. The Morgan fingerprint density at radius 1 is 1.38 bits per heavy atom. The summed E-state index contributed by atoms with van der Waals surface area (Å²) >= 11 is 0. The summed E-state index contributed by atoms with van der Waals surface area (Å²) in [6.45, 7) is 2.78. The number of aryl methyl sites for hydroxylation is 1. The quantitative estimate of drug-likeness (QED) is 0.898. The molecule has 2 rings (SSSR count). The number of carboxylic acids is 1. The third-order valence-electron chi connectivity index (χ3n) is 4.14. The van der Waals surface area contributed by atoms with Crippen LogP contribution in [0.3, 0.4) is 0 Å². The lowest BCUT2D eigenvalue weighted by Gasteiger charge is -2.24. The van der Waals surface area contributed by atoms with E-state index in [4.69, 9.17) is 4.74 Å². The highest BCUT2D eigenvalue weighted by atomic mass is 16.5. The molecule has 1 heterocycles. The zero-order chi connectivity index (χ0) is 15.5. The fourth-order valence-corrected chi connectivity index (χ4v) is 2.88. The fourth-order valence-electron chi connectivity index (χ4n) is 2.88. The lowest BCUT2D eigenvalue weighted by Crippen LogP contribution is -2.40. The first kappa shape index (κ1) is 15.5. The first-order valence-electron chi connectivity index (χ1n) is 7.13. The predicted molar refractivity (Wildman–Crippen MR) is 78.3 cm³/mol. The van der Waals surface area contributed by atoms with Gasteiger partial charge in [0.25, 0.3) is 5.91 Å². The lowest BCUT2D eigenvalue weighted by molar-refractivity contribution is -0.151. The van der Waals surface area contributed by atoms with Gasteiger partial charge < -0.3 is 14.7 Å². The second-order valence-electron chi connectivity index (χ2n) is 5.51. The molecule has 0 bridgehead atoms. The maximum absolute atomic E-state index is 12.6. The van der Waals surface area contributed by atoms with E-state index in [9.17, 15) is 14.7 Å². The molecular formula is C16H21NO4. The van der Waals surface area contributed by atoms with Gasteiger partial charge in [-0.25, -0.2) is 0 Å². The smallest absolute Gasteiger partial charge is 0.313 e. The van der Waals surface area contributed by atoms with Crippen LogP contribution in [0.25, 0.3) is 0 Å². The van der Waals surface area contributed by atoms with Crippen LogP contribution in [-0.4, -0.2) is 48.7 Å². The van der Waals surface area contributed by atoms with E-state index in [1.54, 1.807) is 11.0 Å². The summed E-state index contributed by atoms with van der Waals surface area (Å²) in [5.74, 6) is -0.991. The van der Waals surface area contributed by atoms with Crippen molar-refractivity contribution in [3.05, 3.63) is 35.4 Å². The Morgan fingerprint density at radius 3 is 2.71 bits per heavy atom. The molecule has 114 valence electrons. The number of carboxylic acid groups (broad SMARTS) is 1. The van der Waals surface area contributed by atoms with Gasteiger partial charge >= 0.3 is 5.97 Å². The SMILES string of the molecule is CCc1ccccc1C(=O)N1CCC(COC)(C(=O)O)C1. The molecule has 0 spiro atoms. The molecule has 1 atom stereocenters. The molecule has 0 saturated carbocycles. The van der Waals surface area contributed by atoms with Crippen LogP contribution in [0.5, 0.6) is 0 Å². The third kappa shape index (κ3) is 2.93. The van der Waals surface area contributed by atoms with Gasteiger partial charge in [-0.05, 0) is 24.5 Å². The fraction of sp³-hybridized carbons (Fsp3) is 0.500. The number of methoxy groups -OCH3 is 1. The molecule has 5 heteroatoms. The van der Waals surface area contributed by atoms with Crippen molar-refractivity contribution in [2.45, 2.75) is 19.8 Å². The van der Waals surface area contributed by atoms with Crippen molar-refractivity contribution in [3.63, 3.8) is 0 Å². The van der Waals surface area contributed by atoms with Crippen molar-refractivity contribution in [3.8, 4) is 0 Å². The minimum atomic E-state index is -0.981. The van der Waals surface area contributed by atoms with E-state index >= 15 is 0 Å². The number of aliphatic carboxylic acids is 1. The van der Waals surface area contributed by atoms with Crippen LogP contribution in [0.2, 0.25) is 0 Å². The molecule has 1 aromatic rings. The molecule has 21 heavy (non-hydrogen) atoms. The summed E-state index contributed by atoms with van der Waals surface area (Å²) in [6, 6.07) is 7.48. The number of carbonyl (C=O) groups excluding carboxylic acids is 1. The van der Waals surface area contributed by atoms with Crippen LogP contribution in [0, 0.1) is 5.41 Å². The molecule has 1 aliphatic heterocycles. The first-order valence-corrected chi connectivity index (χ1v) is 7.13. The van der Waals surface area contributed by atoms with E-state index < -0.39 is 11.4 Å². The van der Waals surface area contributed by atoms with E-state index in [-0.39, 0.29) is 19.1 Å². The van der Waals surface area contributed by atoms with Crippen molar-refractivity contribution < 1.29 is 19.4 Å². The minimum absolute atomic E-state index is 0.0910. The van der Waals surface area contributed by atoms with Gasteiger partial charge in [0.15, 0.2) is 0 Å². The number of nitrogens with zero attached hydrogens (tertiary/aromatic N) is 1. The van der Waals surface area contributed by atoms with Crippen molar-refractivity contribution in [2.75, 3.05) is 26.8 Å². The monoisotopic (exact) mass is 291 g/mol. The van der Waals surface area contributed by atoms with Gasteiger partial charge in [-0.3, -0.25) is 9.59 Å². The molecule has 5 nitrogen and oxygen atoms in total. The Kier molecular flexibility index (Phi) is 4.63. The summed E-state index contributed by atoms with van der Waals surface area (Å²) in [5.41, 5.74) is 0.673. The molecule has 1 fully saturated rings. The highest BCUT2D eigenvalue weighted by Crippen LogP contribution is 2.32. The van der Waals surface area contributed by atoms with Crippen molar-refractivity contribution >= 4 is 11.9 Å². The Bertz CT molecular complexity index is 543. The summed E-state index contributed by atoms with van der Waals surface area (Å²) in [7, 11) is 1.49. The maximum Gasteiger partial charge on any atom is 0.313 e. The molecule has 1 aromatic carbocycles. The average molecular weight is 291 g/mol. The topological polar surface area (TPSA) is 66.8 Å². The molecule has 1 N–H and O–H groups in total. The van der Waals surface area contributed by atoms with E-state index in [0.29, 0.717) is 18.5 Å². The summed E-state index contributed by atoms with van der Waals surface area (Å²) < 4.78 is 5.05. The standard InChI is InChI=1S/C16H21NO4/c1-3-12-6-4-5-7-13(12)14(18)17-9-8-16(10-17,11-21-2)15(19)20/h4-7H,3,8-11H2,1-2H3,(H,19,20). The molecule has 1 aliphatic rings. The first-order chi connectivity index (χ1) is 10.0. The molecule has 1 unspecified atom stereocenters. The number of ether oxygens (including phenoxy) is 1. The van der Waals surface area contributed by atoms with Gasteiger partial charge in [0.1, 0.15) is 5.41 Å². The zero-order valence-electron chi connectivity index (χ0n) is 12.5. The lowest BCUT2D eigenvalue weighted by atomic mass is 9.88. The van der Waals surface area contributed by atoms with Crippen LogP contribution in [0.1, 0.15) is 29.3 Å². The normalized spacial score (nSPS) is 21.5. The van der Waals surface area contributed by atoms with Gasteiger partial charge in [-0.1, -0.05) is 25.1 Å². The summed E-state index contributed by atoms with van der Waals surface area (Å²) in [5, 5.41) is 9.45. The van der Waals surface area contributed by atoms with Crippen molar-refractivity contribution in [1.82, 2.24) is 4.90 Å². The number of carbonyl (C=O) groups is 2. The van der Waals surface area contributed by atoms with Crippen LogP contribution < -0.4 is 0 Å². The van der Waals surface area contributed by atoms with Gasteiger partial charge in [-0.2, -0.15) is 0 Å². The second kappa shape index (κ2) is 6.26. The Hall–Kier alpha value is -1.88. The molecule has 0 aromatic heterocycles. The number of hydrogen-bond donors (Lipinski definition) is 1. The van der Waals surface area contributed by atoms with E-state index in [1.165, 1.54) is 7.11 Å². The van der Waals surface area contributed by atoms with Crippen molar-refractivity contribution in [1.29, 1.82) is 0 Å². The number of rotatable bonds is 5. The molecule has 1 amide bonds. The third-order valence-corrected chi connectivity index (χ3v) is 4.14. The summed E-state index contributed by atoms with van der Waals surface area (Å²) in [6.07, 6.45) is 1.20. The van der Waals surface area contributed by atoms with E-state index in [2.05, 4.69) is 0 Å². The summed E-state index contributed by atoms with van der Waals surface area (Å²) in [4.78, 5) is 25.8. The van der Waals surface area contributed by atoms with Gasteiger partial charge in [-0.15, -0.1) is 0 Å². The second-order valence-corrected chi connectivity index (χ2v) is 5.51. The van der Waals surface area contributed by atoms with E-state index in [1.807, 2.05) is 25.1 Å². The van der Waals surface area contributed by atoms with Crippen LogP contribution >= 0.6 is 0 Å². The van der Waals surface area contributed by atoms with Crippen molar-refractivity contribution in [2.24, 2.45) is 5.41 Å². The van der Waals surface area contributed by atoms with Gasteiger partial charge in [0.2, 0.25) is 0 Å². The molecule has 0 radical (unpaired) electrons. The number of likely N-dealkylation sites (tertiary alicyclic amines) is 1. The zero-order valence-corrected chi connectivity index (χ0v) is 12.5. The van der Waals surface area contributed by atoms with Crippen LogP contribution in [0.4, 0.5) is 0 Å². The van der Waals surface area contributed by atoms with Crippen LogP contribution in [0.15, 0.2) is 24.3 Å². The number of hydrogen-bond acceptors (Lipinski definition) is 3. The largest absolute Gasteiger partial charge is 0.481 e. The number of amides is 1. The van der Waals surface area contributed by atoms with Crippen LogP contribution in [-0.2, 0) is 16.0 Å². The van der Waals surface area contributed by atoms with E-state index in [0.717, 1.165) is 12.0 Å². The highest BCUT2D eigenvalue weighted by Gasteiger charge is 2.46.